The van der Waals surface area contributed by atoms with E-state index in [0.29, 0.717) is 6.04 Å². The molecule has 0 aliphatic carbocycles. The summed E-state index contributed by atoms with van der Waals surface area (Å²) in [5.41, 5.74) is 22.6. The van der Waals surface area contributed by atoms with Crippen LogP contribution in [0.4, 0.5) is 0 Å². The van der Waals surface area contributed by atoms with Crippen molar-refractivity contribution >= 4 is 21.8 Å². The smallest absolute Gasteiger partial charge is 0.0645 e. The van der Waals surface area contributed by atoms with E-state index in [-0.39, 0.29) is 21.7 Å². The maximum absolute atomic E-state index is 9.20. The second-order valence-electron chi connectivity index (χ2n) is 23.8. The Morgan fingerprint density at radius 1 is 0.282 bits per heavy atom. The summed E-state index contributed by atoms with van der Waals surface area (Å²) < 4.78 is 11.5. The molecule has 10 aromatic rings. The second kappa shape index (κ2) is 17.9. The highest BCUT2D eigenvalue weighted by Gasteiger charge is 2.25. The predicted octanol–water partition coefficient (Wildman–Crippen LogP) is 20.0. The minimum atomic E-state index is -0.0467. The van der Waals surface area contributed by atoms with E-state index in [1.165, 1.54) is 77.9 Å². The van der Waals surface area contributed by atoms with Crippen LogP contribution in [0.5, 0.6) is 0 Å². The molecule has 1 nitrogen and oxygen atoms in total. The average Bonchev–Trinajstić information content (AvgIpc) is 3.68. The molecule has 1 aromatic heterocycles. The van der Waals surface area contributed by atoms with E-state index < -0.39 is 0 Å². The largest absolute Gasteiger partial charge is 0.309 e. The van der Waals surface area contributed by atoms with Gasteiger partial charge in [0.25, 0.3) is 0 Å². The first-order valence-electron chi connectivity index (χ1n) is 26.0. The molecule has 0 spiro atoms. The molecule has 354 valence electrons. The third-order valence-corrected chi connectivity index (χ3v) is 14.4. The quantitative estimate of drug-likeness (QED) is 0.150. The first-order chi connectivity index (χ1) is 34.1. The lowest BCUT2D eigenvalue weighted by molar-refractivity contribution is 0.591. The number of hydrogen-bond donors (Lipinski definition) is 0. The summed E-state index contributed by atoms with van der Waals surface area (Å²) >= 11 is 0. The van der Waals surface area contributed by atoms with Gasteiger partial charge in [0, 0.05) is 16.5 Å². The highest BCUT2D eigenvalue weighted by molar-refractivity contribution is 6.12. The lowest BCUT2D eigenvalue weighted by Gasteiger charge is -2.25. The Kier molecular flexibility index (Phi) is 11.6. The first-order valence-corrected chi connectivity index (χ1v) is 25.5. The average molecular weight is 925 g/mol. The Labute approximate surface area is 425 Å². The molecule has 0 fully saturated rings. The topological polar surface area (TPSA) is 4.93 Å². The van der Waals surface area contributed by atoms with E-state index in [1.54, 1.807) is 0 Å². The normalized spacial score (nSPS) is 12.7. The Hall–Kier alpha value is -7.22. The van der Waals surface area contributed by atoms with Crippen LogP contribution in [-0.4, -0.2) is 4.57 Å². The molecule has 1 heteroatoms. The van der Waals surface area contributed by atoms with Crippen molar-refractivity contribution in [3.05, 3.63) is 222 Å². The zero-order chi connectivity index (χ0) is 50.9. The third-order valence-electron chi connectivity index (χ3n) is 14.4. The molecule has 0 saturated carbocycles. The molecule has 71 heavy (non-hydrogen) atoms. The highest BCUT2D eigenvalue weighted by Crippen LogP contribution is 2.45. The zero-order valence-corrected chi connectivity index (χ0v) is 43.9. The molecule has 9 aromatic carbocycles. The molecular formula is C70H69N. The maximum atomic E-state index is 9.20. The molecule has 0 bridgehead atoms. The minimum Gasteiger partial charge on any atom is -0.309 e. The molecule has 0 atom stereocenters. The molecule has 1 heterocycles. The van der Waals surface area contributed by atoms with Crippen LogP contribution in [0.3, 0.4) is 0 Å². The summed E-state index contributed by atoms with van der Waals surface area (Å²) in [6, 6.07) is 72.5. The van der Waals surface area contributed by atoms with Gasteiger partial charge in [0.05, 0.1) is 12.4 Å². The van der Waals surface area contributed by atoms with Gasteiger partial charge in [-0.2, -0.15) is 0 Å². The molecule has 10 rings (SSSR count). The van der Waals surface area contributed by atoms with Gasteiger partial charge in [-0.15, -0.1) is 0 Å². The van der Waals surface area contributed by atoms with Gasteiger partial charge in [-0.25, -0.2) is 0 Å². The van der Waals surface area contributed by atoms with Crippen molar-refractivity contribution in [3.8, 4) is 72.4 Å². The number of nitrogens with zero attached hydrogens (tertiary/aromatic N) is 1. The van der Waals surface area contributed by atoms with Crippen molar-refractivity contribution in [2.45, 2.75) is 105 Å². The fourth-order valence-electron chi connectivity index (χ4n) is 10.9. The number of rotatable bonds is 7. The predicted molar refractivity (Wildman–Crippen MR) is 308 cm³/mol. The maximum Gasteiger partial charge on any atom is 0.0645 e. The fourth-order valence-corrected chi connectivity index (χ4v) is 10.9. The highest BCUT2D eigenvalue weighted by atomic mass is 15.0. The van der Waals surface area contributed by atoms with E-state index in [0.717, 1.165) is 38.6 Å². The third kappa shape index (κ3) is 9.20. The molecule has 0 aliphatic rings. The Balaban J connectivity index is 1.24. The van der Waals surface area contributed by atoms with E-state index in [9.17, 15) is 1.37 Å². The van der Waals surface area contributed by atoms with Crippen LogP contribution >= 0.6 is 0 Å². The van der Waals surface area contributed by atoms with Crippen LogP contribution < -0.4 is 0 Å². The van der Waals surface area contributed by atoms with Gasteiger partial charge in [-0.3, -0.25) is 0 Å². The monoisotopic (exact) mass is 925 g/mol. The van der Waals surface area contributed by atoms with Gasteiger partial charge in [0.1, 0.15) is 0 Å². The number of hydrogen-bond acceptors (Lipinski definition) is 0. The molecule has 0 amide bonds. The Bertz CT molecular complexity index is 3310. The lowest BCUT2D eigenvalue weighted by Crippen LogP contribution is -2.13. The summed E-state index contributed by atoms with van der Waals surface area (Å²) in [5, 5.41) is 2.30. The number of aromatic nitrogens is 1. The van der Waals surface area contributed by atoms with Crippen LogP contribution in [0.2, 0.25) is 0 Å². The van der Waals surface area contributed by atoms with Crippen LogP contribution in [-0.2, 0) is 21.7 Å². The van der Waals surface area contributed by atoms with E-state index >= 15 is 0 Å². The fraction of sp³-hybridized carbons (Fsp3) is 0.229. The molecule has 0 aliphatic heterocycles. The number of para-hydroxylation sites is 1. The van der Waals surface area contributed by atoms with Crippen molar-refractivity contribution in [3.63, 3.8) is 0 Å². The zero-order valence-electron chi connectivity index (χ0n) is 44.9. The molecule has 0 radical (unpaired) electrons. The van der Waals surface area contributed by atoms with E-state index in [4.69, 9.17) is 0 Å². The van der Waals surface area contributed by atoms with Gasteiger partial charge in [-0.05, 0) is 183 Å². The Morgan fingerprint density at radius 3 is 0.887 bits per heavy atom. The Morgan fingerprint density at radius 2 is 0.577 bits per heavy atom. The van der Waals surface area contributed by atoms with Gasteiger partial charge in [-0.1, -0.05) is 210 Å². The van der Waals surface area contributed by atoms with E-state index in [1.807, 2.05) is 18.2 Å². The van der Waals surface area contributed by atoms with E-state index in [2.05, 4.69) is 264 Å². The standard InChI is InChI=1S/C70H69N/c1-67(2,3)61-30-20-16-26-55(61)50-38-48(39-51(42-50)56-27-17-21-31-62(56)68(4,5)6)46-34-36-65-59(44-46)60-45-47(35-37-66(60)71(65)54-24-14-13-15-25-54)49-40-52(57-28-18-22-32-63(57)69(7,8)9)43-53(41-49)58-29-19-23-33-64(58)70(10,11)12/h13-45H,1-12H3/i24D. The lowest BCUT2D eigenvalue weighted by atomic mass is 9.79. The van der Waals surface area contributed by atoms with Crippen molar-refractivity contribution in [2.75, 3.05) is 0 Å². The van der Waals surface area contributed by atoms with Gasteiger partial charge in [0.15, 0.2) is 0 Å². The first kappa shape index (κ1) is 46.2. The summed E-state index contributed by atoms with van der Waals surface area (Å²) in [6.07, 6.45) is 0. The van der Waals surface area contributed by atoms with Crippen molar-refractivity contribution in [2.24, 2.45) is 0 Å². The molecule has 0 unspecified atom stereocenters. The molecular weight excluding hydrogens is 855 g/mol. The van der Waals surface area contributed by atoms with Crippen LogP contribution in [0.1, 0.15) is 107 Å². The molecule has 0 saturated heterocycles. The van der Waals surface area contributed by atoms with Crippen LogP contribution in [0.25, 0.3) is 94.3 Å². The summed E-state index contributed by atoms with van der Waals surface area (Å²) in [5.74, 6) is 0. The summed E-state index contributed by atoms with van der Waals surface area (Å²) in [6.45, 7) is 27.7. The minimum absolute atomic E-state index is 0.0467. The second-order valence-corrected chi connectivity index (χ2v) is 23.8. The summed E-state index contributed by atoms with van der Waals surface area (Å²) in [7, 11) is 0. The van der Waals surface area contributed by atoms with Crippen LogP contribution in [0.15, 0.2) is 200 Å². The van der Waals surface area contributed by atoms with Crippen molar-refractivity contribution in [1.82, 2.24) is 4.57 Å². The van der Waals surface area contributed by atoms with Gasteiger partial charge >= 0.3 is 0 Å². The molecule has 0 N–H and O–H groups in total. The number of fused-ring (bicyclic) bond motifs is 3. The van der Waals surface area contributed by atoms with Crippen molar-refractivity contribution in [1.29, 1.82) is 0 Å². The van der Waals surface area contributed by atoms with Gasteiger partial charge < -0.3 is 4.57 Å². The van der Waals surface area contributed by atoms with Crippen molar-refractivity contribution < 1.29 is 1.37 Å². The summed E-state index contributed by atoms with van der Waals surface area (Å²) in [4.78, 5) is 0. The SMILES string of the molecule is [2H]c1ccccc1-n1c2ccc(-c3cc(-c4ccccc4C(C)(C)C)cc(-c4ccccc4C(C)(C)C)c3)cc2c2cc(-c3cc(-c4ccccc4C(C)(C)C)cc(-c4ccccc4C(C)(C)C)c3)ccc21. The number of benzene rings is 9. The van der Waals surface area contributed by atoms with Gasteiger partial charge in [0.2, 0.25) is 0 Å². The van der Waals surface area contributed by atoms with Crippen LogP contribution in [0, 0.1) is 0 Å².